The lowest BCUT2D eigenvalue weighted by Gasteiger charge is -2.43. The van der Waals surface area contributed by atoms with Crippen LogP contribution in [0.1, 0.15) is 31.1 Å². The van der Waals surface area contributed by atoms with Gasteiger partial charge in [-0.1, -0.05) is 81.4 Å². The van der Waals surface area contributed by atoms with Crippen molar-refractivity contribution < 1.29 is 28.2 Å². The summed E-state index contributed by atoms with van der Waals surface area (Å²) in [6, 6.07) is 22.3. The summed E-state index contributed by atoms with van der Waals surface area (Å²) >= 11 is 0. The fourth-order valence-electron chi connectivity index (χ4n) is 4.04. The van der Waals surface area contributed by atoms with Crippen molar-refractivity contribution in [3.05, 3.63) is 84.2 Å². The topological polar surface area (TPSA) is 65.0 Å². The average molecular weight is 469 g/mol. The van der Waals surface area contributed by atoms with Crippen molar-refractivity contribution in [2.75, 3.05) is 20.3 Å². The third-order valence-electron chi connectivity index (χ3n) is 5.53. The second-order valence-corrected chi connectivity index (χ2v) is 13.0. The zero-order valence-corrected chi connectivity index (χ0v) is 20.3. The maximum atomic E-state index is 13.9. The van der Waals surface area contributed by atoms with Crippen LogP contribution >= 0.6 is 0 Å². The van der Waals surface area contributed by atoms with Crippen LogP contribution in [0.5, 0.6) is 11.5 Å². The summed E-state index contributed by atoms with van der Waals surface area (Å²) in [6.45, 7) is 6.81. The van der Waals surface area contributed by atoms with Crippen LogP contribution in [0.2, 0.25) is 5.04 Å². The van der Waals surface area contributed by atoms with Gasteiger partial charge in [0.1, 0.15) is 17.9 Å². The van der Waals surface area contributed by atoms with Crippen LogP contribution in [0, 0.1) is 5.82 Å². The van der Waals surface area contributed by atoms with E-state index in [2.05, 4.69) is 45.0 Å². The predicted octanol–water partition coefficient (Wildman–Crippen LogP) is 4.27. The van der Waals surface area contributed by atoms with Crippen LogP contribution in [0.15, 0.2) is 72.8 Å². The molecule has 0 bridgehead atoms. The number of ether oxygens (including phenoxy) is 2. The van der Waals surface area contributed by atoms with E-state index in [1.807, 2.05) is 36.4 Å². The maximum absolute atomic E-state index is 13.9. The third-order valence-corrected chi connectivity index (χ3v) is 10.6. The lowest BCUT2D eigenvalue weighted by molar-refractivity contribution is 0.0594. The smallest absolute Gasteiger partial charge is 0.341 e. The summed E-state index contributed by atoms with van der Waals surface area (Å²) in [6.07, 6.45) is 0. The monoisotopic (exact) mass is 468 g/mol. The lowest BCUT2D eigenvalue weighted by atomic mass is 10.2. The molecule has 7 heteroatoms. The van der Waals surface area contributed by atoms with E-state index < -0.39 is 25.9 Å². The maximum Gasteiger partial charge on any atom is 0.341 e. The molecule has 33 heavy (non-hydrogen) atoms. The number of methoxy groups -OCH3 is 1. The average Bonchev–Trinajstić information content (AvgIpc) is 2.81. The molecular weight excluding hydrogens is 439 g/mol. The largest absolute Gasteiger partial charge is 0.505 e. The van der Waals surface area contributed by atoms with Gasteiger partial charge in [0.05, 0.1) is 13.7 Å². The van der Waals surface area contributed by atoms with E-state index in [1.165, 1.54) is 7.11 Å². The Hall–Kier alpha value is -3.16. The summed E-state index contributed by atoms with van der Waals surface area (Å²) in [5.74, 6) is -2.27. The summed E-state index contributed by atoms with van der Waals surface area (Å²) in [7, 11) is -1.53. The number of aromatic hydroxyl groups is 1. The van der Waals surface area contributed by atoms with Gasteiger partial charge in [0.2, 0.25) is 0 Å². The molecule has 1 N–H and O–H groups in total. The van der Waals surface area contributed by atoms with Crippen molar-refractivity contribution in [1.29, 1.82) is 0 Å². The Kier molecular flexibility index (Phi) is 7.56. The van der Waals surface area contributed by atoms with Gasteiger partial charge in [0, 0.05) is 12.1 Å². The fourth-order valence-corrected chi connectivity index (χ4v) is 8.59. The quantitative estimate of drug-likeness (QED) is 0.304. The molecule has 3 aromatic rings. The first-order valence-corrected chi connectivity index (χ1v) is 12.6. The second-order valence-electron chi connectivity index (χ2n) is 8.65. The molecule has 0 aromatic heterocycles. The highest BCUT2D eigenvalue weighted by atomic mass is 28.4. The molecule has 0 unspecified atom stereocenters. The lowest BCUT2D eigenvalue weighted by Crippen LogP contribution is -2.66. The Morgan fingerprint density at radius 1 is 0.939 bits per heavy atom. The van der Waals surface area contributed by atoms with Crippen molar-refractivity contribution in [1.82, 2.24) is 0 Å². The first-order valence-electron chi connectivity index (χ1n) is 10.7. The number of phenolic OH excluding ortho intramolecular Hbond substituents is 1. The minimum Gasteiger partial charge on any atom is -0.505 e. The van der Waals surface area contributed by atoms with Crippen LogP contribution in [0.25, 0.3) is 0 Å². The first-order chi connectivity index (χ1) is 15.7. The molecule has 3 rings (SSSR count). The van der Waals surface area contributed by atoms with Gasteiger partial charge in [-0.05, 0) is 15.4 Å². The molecule has 0 aliphatic carbocycles. The predicted molar refractivity (Wildman–Crippen MR) is 128 cm³/mol. The van der Waals surface area contributed by atoms with Gasteiger partial charge in [-0.25, -0.2) is 9.18 Å². The number of halogens is 1. The minimum atomic E-state index is -2.74. The molecule has 0 amide bonds. The number of phenols is 1. The third kappa shape index (κ3) is 5.10. The Morgan fingerprint density at radius 2 is 1.48 bits per heavy atom. The Bertz CT molecular complexity index is 1040. The molecule has 0 saturated carbocycles. The molecule has 0 atom stereocenters. The van der Waals surface area contributed by atoms with E-state index in [0.717, 1.165) is 22.5 Å². The molecule has 0 aliphatic rings. The van der Waals surface area contributed by atoms with Gasteiger partial charge < -0.3 is 19.0 Å². The molecule has 0 heterocycles. The number of esters is 1. The molecular formula is C26H29FO5Si. The number of carbonyl (C=O) groups excluding carboxylic acids is 1. The molecule has 174 valence electrons. The van der Waals surface area contributed by atoms with Crippen LogP contribution in [0.4, 0.5) is 4.39 Å². The van der Waals surface area contributed by atoms with E-state index in [-0.39, 0.29) is 29.6 Å². The van der Waals surface area contributed by atoms with Crippen LogP contribution in [-0.4, -0.2) is 39.7 Å². The number of rotatable bonds is 8. The van der Waals surface area contributed by atoms with E-state index in [4.69, 9.17) is 13.9 Å². The second kappa shape index (κ2) is 10.2. The number of benzene rings is 3. The van der Waals surface area contributed by atoms with Gasteiger partial charge >= 0.3 is 5.97 Å². The highest BCUT2D eigenvalue weighted by molar-refractivity contribution is 6.99. The van der Waals surface area contributed by atoms with Crippen LogP contribution in [0.3, 0.4) is 0 Å². The number of hydrogen-bond acceptors (Lipinski definition) is 5. The Balaban J connectivity index is 1.90. The molecule has 0 saturated heterocycles. The van der Waals surface area contributed by atoms with Crippen molar-refractivity contribution in [2.24, 2.45) is 0 Å². The molecule has 0 aliphatic heterocycles. The highest BCUT2D eigenvalue weighted by Gasteiger charge is 2.50. The van der Waals surface area contributed by atoms with Gasteiger partial charge in [-0.3, -0.25) is 0 Å². The van der Waals surface area contributed by atoms with E-state index in [0.29, 0.717) is 0 Å². The SMILES string of the molecule is COC(=O)c1cc(O)c(F)cc1OCCO[Si](c1ccccc1)(c1ccccc1)C(C)(C)C. The van der Waals surface area contributed by atoms with Crippen molar-refractivity contribution in [3.8, 4) is 11.5 Å². The summed E-state index contributed by atoms with van der Waals surface area (Å²) in [4.78, 5) is 12.0. The molecule has 0 spiro atoms. The molecule has 3 aromatic carbocycles. The molecule has 5 nitrogen and oxygen atoms in total. The standard InChI is InChI=1S/C26H29FO5Si/c1-26(2,3)33(19-11-7-5-8-12-19,20-13-9-6-10-14-20)32-16-15-31-24-18-22(27)23(28)17-21(24)25(29)30-4/h5-14,17-18,28H,15-16H2,1-4H3. The van der Waals surface area contributed by atoms with E-state index in [1.54, 1.807) is 0 Å². The zero-order valence-electron chi connectivity index (χ0n) is 19.3. The van der Waals surface area contributed by atoms with E-state index >= 15 is 0 Å². The van der Waals surface area contributed by atoms with Crippen molar-refractivity contribution >= 4 is 24.7 Å². The van der Waals surface area contributed by atoms with Crippen molar-refractivity contribution in [2.45, 2.75) is 25.8 Å². The highest BCUT2D eigenvalue weighted by Crippen LogP contribution is 2.36. The van der Waals surface area contributed by atoms with E-state index in [9.17, 15) is 14.3 Å². The van der Waals surface area contributed by atoms with Gasteiger partial charge in [-0.2, -0.15) is 0 Å². The fraction of sp³-hybridized carbons (Fsp3) is 0.269. The van der Waals surface area contributed by atoms with Gasteiger partial charge in [0.15, 0.2) is 11.6 Å². The van der Waals surface area contributed by atoms with Gasteiger partial charge in [0.25, 0.3) is 8.32 Å². The number of hydrogen-bond donors (Lipinski definition) is 1. The summed E-state index contributed by atoms with van der Waals surface area (Å²) in [5.41, 5.74) is -0.0538. The first kappa shape index (κ1) is 24.5. The van der Waals surface area contributed by atoms with Crippen LogP contribution in [-0.2, 0) is 9.16 Å². The summed E-state index contributed by atoms with van der Waals surface area (Å²) in [5, 5.41) is 11.7. The minimum absolute atomic E-state index is 0.0109. The molecule has 0 radical (unpaired) electrons. The molecule has 0 fully saturated rings. The van der Waals surface area contributed by atoms with Gasteiger partial charge in [-0.15, -0.1) is 0 Å². The Labute approximate surface area is 194 Å². The summed E-state index contributed by atoms with van der Waals surface area (Å²) < 4.78 is 31.1. The zero-order chi connectivity index (χ0) is 24.1. The van der Waals surface area contributed by atoms with Crippen molar-refractivity contribution in [3.63, 3.8) is 0 Å². The normalized spacial score (nSPS) is 11.8. The Morgan fingerprint density at radius 3 is 1.97 bits per heavy atom. The number of carbonyl (C=O) groups is 1. The van der Waals surface area contributed by atoms with Crippen LogP contribution < -0.4 is 15.1 Å².